The maximum atomic E-state index is 13.6. The van der Waals surface area contributed by atoms with Crippen molar-refractivity contribution in [1.29, 1.82) is 0 Å². The van der Waals surface area contributed by atoms with Gasteiger partial charge in [-0.1, -0.05) is 0 Å². The summed E-state index contributed by atoms with van der Waals surface area (Å²) in [5.74, 6) is -3.99. The molecule has 1 aliphatic heterocycles. The van der Waals surface area contributed by atoms with Crippen molar-refractivity contribution in [2.75, 3.05) is 13.1 Å². The lowest BCUT2D eigenvalue weighted by Gasteiger charge is -2.28. The van der Waals surface area contributed by atoms with Crippen molar-refractivity contribution in [2.24, 2.45) is 5.92 Å². The fourth-order valence-electron chi connectivity index (χ4n) is 2.49. The first-order valence-corrected chi connectivity index (χ1v) is 8.17. The van der Waals surface area contributed by atoms with Crippen LogP contribution < -0.4 is 10.0 Å². The number of sulfonamides is 1. The Morgan fingerprint density at radius 1 is 1.27 bits per heavy atom. The molecule has 0 amide bonds. The van der Waals surface area contributed by atoms with E-state index in [2.05, 4.69) is 10.0 Å². The third-order valence-electron chi connectivity index (χ3n) is 3.61. The molecule has 0 bridgehead atoms. The molecule has 2 atom stereocenters. The highest BCUT2D eigenvalue weighted by Crippen LogP contribution is 2.22. The molecule has 0 spiro atoms. The van der Waals surface area contributed by atoms with E-state index < -0.39 is 38.4 Å². The van der Waals surface area contributed by atoms with Crippen LogP contribution in [-0.4, -0.2) is 27.5 Å². The van der Waals surface area contributed by atoms with Gasteiger partial charge in [0.15, 0.2) is 4.90 Å². The highest BCUT2D eigenvalue weighted by atomic mass is 35.5. The van der Waals surface area contributed by atoms with Gasteiger partial charge in [0.2, 0.25) is 10.0 Å². The van der Waals surface area contributed by atoms with Crippen LogP contribution in [0.3, 0.4) is 0 Å². The summed E-state index contributed by atoms with van der Waals surface area (Å²) in [6, 6.07) is 0.223. The predicted molar refractivity (Wildman–Crippen MR) is 78.9 cm³/mol. The molecule has 1 aromatic carbocycles. The number of nitrogens with one attached hydrogen (secondary N) is 2. The van der Waals surface area contributed by atoms with Crippen molar-refractivity contribution in [1.82, 2.24) is 10.0 Å². The minimum absolute atomic E-state index is 0. The highest BCUT2D eigenvalue weighted by Gasteiger charge is 2.29. The Bertz CT molecular complexity index is 599. The molecule has 4 nitrogen and oxygen atoms in total. The van der Waals surface area contributed by atoms with Gasteiger partial charge in [0, 0.05) is 18.2 Å². The number of halogens is 4. The molecule has 0 aromatic heterocycles. The predicted octanol–water partition coefficient (Wildman–Crippen LogP) is 2.19. The molecule has 1 aliphatic rings. The zero-order chi connectivity index (χ0) is 15.6. The number of rotatable bonds is 4. The van der Waals surface area contributed by atoms with Gasteiger partial charge in [-0.2, -0.15) is 0 Å². The van der Waals surface area contributed by atoms with Gasteiger partial charge in [-0.3, -0.25) is 0 Å². The SMILES string of the molecule is CC(NS(=O)(=O)c1c(F)cc(F)cc1F)C1CCCNC1.Cl. The normalized spacial score (nSPS) is 20.3. The minimum atomic E-state index is -4.38. The summed E-state index contributed by atoms with van der Waals surface area (Å²) in [6.07, 6.45) is 1.74. The molecule has 0 radical (unpaired) electrons. The van der Waals surface area contributed by atoms with Crippen molar-refractivity contribution in [3.63, 3.8) is 0 Å². The molecular weight excluding hydrogens is 341 g/mol. The van der Waals surface area contributed by atoms with Crippen LogP contribution in [0, 0.1) is 23.4 Å². The van der Waals surface area contributed by atoms with Gasteiger partial charge in [0.25, 0.3) is 0 Å². The van der Waals surface area contributed by atoms with Crippen LogP contribution in [0.1, 0.15) is 19.8 Å². The van der Waals surface area contributed by atoms with Crippen LogP contribution in [0.4, 0.5) is 13.2 Å². The van der Waals surface area contributed by atoms with E-state index in [0.717, 1.165) is 19.4 Å². The maximum absolute atomic E-state index is 13.6. The Morgan fingerprint density at radius 3 is 2.36 bits per heavy atom. The molecule has 1 aromatic rings. The number of hydrogen-bond donors (Lipinski definition) is 2. The van der Waals surface area contributed by atoms with Gasteiger partial charge < -0.3 is 5.32 Å². The molecular formula is C13H18ClF3N2O2S. The molecule has 0 saturated carbocycles. The summed E-state index contributed by atoms with van der Waals surface area (Å²) in [4.78, 5) is -1.14. The summed E-state index contributed by atoms with van der Waals surface area (Å²) in [5, 5.41) is 3.14. The largest absolute Gasteiger partial charge is 0.316 e. The third kappa shape index (κ3) is 4.34. The van der Waals surface area contributed by atoms with Gasteiger partial charge in [0.1, 0.15) is 17.5 Å². The Labute approximate surface area is 133 Å². The first-order chi connectivity index (χ1) is 9.81. The monoisotopic (exact) mass is 358 g/mol. The molecule has 1 saturated heterocycles. The fraction of sp³-hybridized carbons (Fsp3) is 0.538. The average molecular weight is 359 g/mol. The van der Waals surface area contributed by atoms with E-state index in [-0.39, 0.29) is 18.3 Å². The van der Waals surface area contributed by atoms with Crippen LogP contribution in [0.2, 0.25) is 0 Å². The van der Waals surface area contributed by atoms with Crippen molar-refractivity contribution < 1.29 is 21.6 Å². The summed E-state index contributed by atoms with van der Waals surface area (Å²) in [5.41, 5.74) is 0. The Hall–Kier alpha value is -0.830. The zero-order valence-corrected chi connectivity index (χ0v) is 13.5. The molecule has 22 heavy (non-hydrogen) atoms. The fourth-order valence-corrected chi connectivity index (χ4v) is 3.92. The lowest BCUT2D eigenvalue weighted by Crippen LogP contribution is -2.44. The van der Waals surface area contributed by atoms with Crippen LogP contribution in [0.15, 0.2) is 17.0 Å². The van der Waals surface area contributed by atoms with E-state index in [1.54, 1.807) is 6.92 Å². The minimum Gasteiger partial charge on any atom is -0.316 e. The molecule has 1 fully saturated rings. The average Bonchev–Trinajstić information content (AvgIpc) is 2.37. The van der Waals surface area contributed by atoms with E-state index in [9.17, 15) is 21.6 Å². The standard InChI is InChI=1S/C13H17F3N2O2S.ClH/c1-8(9-3-2-4-17-7-9)18-21(19,20)13-11(15)5-10(14)6-12(13)16;/h5-6,8-9,17-18H,2-4,7H2,1H3;1H. The van der Waals surface area contributed by atoms with Crippen LogP contribution in [0.25, 0.3) is 0 Å². The number of benzene rings is 1. The second-order valence-electron chi connectivity index (χ2n) is 5.21. The molecule has 9 heteroatoms. The van der Waals surface area contributed by atoms with E-state index in [0.29, 0.717) is 18.7 Å². The molecule has 2 N–H and O–H groups in total. The molecule has 2 unspecified atom stereocenters. The quantitative estimate of drug-likeness (QED) is 0.867. The van der Waals surface area contributed by atoms with Gasteiger partial charge in [-0.05, 0) is 38.8 Å². The first-order valence-electron chi connectivity index (χ1n) is 6.69. The maximum Gasteiger partial charge on any atom is 0.246 e. The molecule has 0 aliphatic carbocycles. The van der Waals surface area contributed by atoms with Crippen LogP contribution >= 0.6 is 12.4 Å². The number of piperidine rings is 1. The van der Waals surface area contributed by atoms with Crippen LogP contribution in [0.5, 0.6) is 0 Å². The second-order valence-corrected chi connectivity index (χ2v) is 6.87. The lowest BCUT2D eigenvalue weighted by molar-refractivity contribution is 0.320. The summed E-state index contributed by atoms with van der Waals surface area (Å²) >= 11 is 0. The highest BCUT2D eigenvalue weighted by molar-refractivity contribution is 7.89. The van der Waals surface area contributed by atoms with Crippen molar-refractivity contribution >= 4 is 22.4 Å². The van der Waals surface area contributed by atoms with E-state index >= 15 is 0 Å². The Balaban J connectivity index is 0.00000242. The van der Waals surface area contributed by atoms with Gasteiger partial charge in [0.05, 0.1) is 0 Å². The summed E-state index contributed by atoms with van der Waals surface area (Å²) in [7, 11) is -4.38. The summed E-state index contributed by atoms with van der Waals surface area (Å²) in [6.45, 7) is 3.16. The van der Waals surface area contributed by atoms with Gasteiger partial charge >= 0.3 is 0 Å². The van der Waals surface area contributed by atoms with E-state index in [1.807, 2.05) is 0 Å². The van der Waals surface area contributed by atoms with Gasteiger partial charge in [-0.15, -0.1) is 12.4 Å². The van der Waals surface area contributed by atoms with E-state index in [1.165, 1.54) is 0 Å². The Kier molecular flexibility index (Phi) is 6.66. The van der Waals surface area contributed by atoms with Crippen LogP contribution in [-0.2, 0) is 10.0 Å². The molecule has 1 heterocycles. The van der Waals surface area contributed by atoms with Crippen molar-refractivity contribution in [2.45, 2.75) is 30.7 Å². The smallest absolute Gasteiger partial charge is 0.246 e. The molecule has 2 rings (SSSR count). The zero-order valence-electron chi connectivity index (χ0n) is 11.9. The van der Waals surface area contributed by atoms with Gasteiger partial charge in [-0.25, -0.2) is 26.3 Å². The first kappa shape index (κ1) is 19.2. The third-order valence-corrected chi connectivity index (χ3v) is 5.22. The Morgan fingerprint density at radius 2 is 1.86 bits per heavy atom. The van der Waals surface area contributed by atoms with Crippen molar-refractivity contribution in [3.8, 4) is 0 Å². The second kappa shape index (κ2) is 7.63. The molecule has 126 valence electrons. The lowest BCUT2D eigenvalue weighted by atomic mass is 9.94. The van der Waals surface area contributed by atoms with Crippen molar-refractivity contribution in [3.05, 3.63) is 29.6 Å². The van der Waals surface area contributed by atoms with E-state index in [4.69, 9.17) is 0 Å². The number of hydrogen-bond acceptors (Lipinski definition) is 3. The summed E-state index contributed by atoms with van der Waals surface area (Å²) < 4.78 is 66.5. The topological polar surface area (TPSA) is 58.2 Å².